The topological polar surface area (TPSA) is 52.6 Å². The first-order chi connectivity index (χ1) is 10.5. The van der Waals surface area contributed by atoms with Crippen molar-refractivity contribution in [1.29, 1.82) is 0 Å². The number of hydrogen-bond donors (Lipinski definition) is 0. The van der Waals surface area contributed by atoms with E-state index in [1.54, 1.807) is 12.1 Å². The van der Waals surface area contributed by atoms with E-state index in [9.17, 15) is 9.59 Å². The first-order valence-corrected chi connectivity index (χ1v) is 8.10. The zero-order chi connectivity index (χ0) is 16.4. The molecule has 0 fully saturated rings. The Bertz CT molecular complexity index is 503. The largest absolute Gasteiger partial charge is 0.466 e. The number of hydrogen-bond acceptors (Lipinski definition) is 4. The second-order valence-electron chi connectivity index (χ2n) is 4.83. The summed E-state index contributed by atoms with van der Waals surface area (Å²) in [5.41, 5.74) is 0. The van der Waals surface area contributed by atoms with Crippen molar-refractivity contribution < 1.29 is 19.1 Å². The molecule has 6 heteroatoms. The van der Waals surface area contributed by atoms with Crippen molar-refractivity contribution in [3.05, 3.63) is 28.2 Å². The summed E-state index contributed by atoms with van der Waals surface area (Å²) in [6.07, 6.45) is 3.69. The van der Waals surface area contributed by atoms with Crippen LogP contribution in [0.25, 0.3) is 0 Å². The first-order valence-electron chi connectivity index (χ1n) is 7.34. The summed E-state index contributed by atoms with van der Waals surface area (Å²) < 4.78 is 10.2. The molecule has 0 aliphatic rings. The smallest absolute Gasteiger partial charge is 0.311 e. The Morgan fingerprint density at radius 3 is 2.50 bits per heavy atom. The molecule has 0 unspecified atom stereocenters. The van der Waals surface area contributed by atoms with Crippen molar-refractivity contribution >= 4 is 35.1 Å². The molecule has 4 nitrogen and oxygen atoms in total. The van der Waals surface area contributed by atoms with E-state index in [-0.39, 0.29) is 24.6 Å². The molecule has 22 heavy (non-hydrogen) atoms. The highest BCUT2D eigenvalue weighted by molar-refractivity contribution is 6.34. The predicted molar refractivity (Wildman–Crippen MR) is 86.4 cm³/mol. The highest BCUT2D eigenvalue weighted by Gasteiger charge is 2.11. The fourth-order valence-corrected chi connectivity index (χ4v) is 2.03. The number of carbonyl (C=O) groups excluding carboxylic acids is 2. The van der Waals surface area contributed by atoms with Gasteiger partial charge in [-0.15, -0.1) is 0 Å². The normalized spacial score (nSPS) is 10.3. The standard InChI is InChI=1S/C16H20Cl2O4/c1-2-3-4-10-21-15(19)6-5-7-16(20)22-14-11-12(17)8-9-13(14)18/h8-9,11H,2-7,10H2,1H3. The number of carbonyl (C=O) groups is 2. The molecule has 1 aromatic rings. The highest BCUT2D eigenvalue weighted by Crippen LogP contribution is 2.28. The van der Waals surface area contributed by atoms with Gasteiger partial charge >= 0.3 is 11.9 Å². The van der Waals surface area contributed by atoms with Crippen molar-refractivity contribution in [3.8, 4) is 5.75 Å². The van der Waals surface area contributed by atoms with E-state index >= 15 is 0 Å². The Hall–Kier alpha value is -1.26. The molecule has 0 aliphatic heterocycles. The third-order valence-corrected chi connectivity index (χ3v) is 3.44. The number of unbranched alkanes of at least 4 members (excludes halogenated alkanes) is 2. The minimum absolute atomic E-state index is 0.118. The lowest BCUT2D eigenvalue weighted by atomic mass is 10.2. The lowest BCUT2D eigenvalue weighted by Gasteiger charge is -2.07. The molecule has 122 valence electrons. The number of esters is 2. The number of benzene rings is 1. The second-order valence-corrected chi connectivity index (χ2v) is 5.67. The monoisotopic (exact) mass is 346 g/mol. The second kappa shape index (κ2) is 10.5. The molecular weight excluding hydrogens is 327 g/mol. The summed E-state index contributed by atoms with van der Waals surface area (Å²) in [5.74, 6) is -0.519. The maximum Gasteiger partial charge on any atom is 0.311 e. The molecule has 1 aromatic carbocycles. The Kier molecular flexibility index (Phi) is 8.94. The zero-order valence-corrected chi connectivity index (χ0v) is 14.1. The summed E-state index contributed by atoms with van der Waals surface area (Å²) >= 11 is 11.7. The van der Waals surface area contributed by atoms with Crippen molar-refractivity contribution in [2.75, 3.05) is 6.61 Å². The van der Waals surface area contributed by atoms with E-state index in [1.807, 2.05) is 0 Å². The lowest BCUT2D eigenvalue weighted by Crippen LogP contribution is -2.10. The van der Waals surface area contributed by atoms with Crippen molar-refractivity contribution in [2.45, 2.75) is 45.4 Å². The Morgan fingerprint density at radius 1 is 1.05 bits per heavy atom. The van der Waals surface area contributed by atoms with Crippen LogP contribution in [0, 0.1) is 0 Å². The van der Waals surface area contributed by atoms with Gasteiger partial charge in [-0.2, -0.15) is 0 Å². The molecule has 0 heterocycles. The summed E-state index contributed by atoms with van der Waals surface area (Å²) in [6.45, 7) is 2.52. The molecule has 0 aliphatic carbocycles. The molecule has 0 saturated carbocycles. The fourth-order valence-electron chi connectivity index (χ4n) is 1.72. The SMILES string of the molecule is CCCCCOC(=O)CCCC(=O)Oc1cc(Cl)ccc1Cl. The molecule has 0 bridgehead atoms. The number of halogens is 2. The van der Waals surface area contributed by atoms with E-state index < -0.39 is 5.97 Å². The Labute approximate surface area is 140 Å². The quantitative estimate of drug-likeness (QED) is 0.366. The third-order valence-electron chi connectivity index (χ3n) is 2.89. The third kappa shape index (κ3) is 7.66. The maximum atomic E-state index is 11.7. The van der Waals surface area contributed by atoms with Gasteiger partial charge in [-0.25, -0.2) is 0 Å². The molecular formula is C16H20Cl2O4. The average Bonchev–Trinajstić information content (AvgIpc) is 2.47. The van der Waals surface area contributed by atoms with Crippen molar-refractivity contribution in [2.24, 2.45) is 0 Å². The van der Waals surface area contributed by atoms with Gasteiger partial charge in [-0.1, -0.05) is 43.0 Å². The van der Waals surface area contributed by atoms with Crippen LogP contribution in [-0.2, 0) is 14.3 Å². The van der Waals surface area contributed by atoms with Crippen LogP contribution in [-0.4, -0.2) is 18.5 Å². The molecule has 0 saturated heterocycles. The Balaban J connectivity index is 2.23. The summed E-state index contributed by atoms with van der Waals surface area (Å²) in [6, 6.07) is 4.64. The molecule has 1 rings (SSSR count). The lowest BCUT2D eigenvalue weighted by molar-refractivity contribution is -0.144. The van der Waals surface area contributed by atoms with Crippen LogP contribution >= 0.6 is 23.2 Å². The average molecular weight is 347 g/mol. The molecule has 0 atom stereocenters. The number of rotatable bonds is 9. The van der Waals surface area contributed by atoms with Gasteiger partial charge in [-0.3, -0.25) is 9.59 Å². The van der Waals surface area contributed by atoms with E-state index in [1.165, 1.54) is 6.07 Å². The van der Waals surface area contributed by atoms with Crippen LogP contribution in [0.4, 0.5) is 0 Å². The molecule has 0 amide bonds. The minimum atomic E-state index is -0.456. The van der Waals surface area contributed by atoms with Crippen LogP contribution in [0.15, 0.2) is 18.2 Å². The van der Waals surface area contributed by atoms with Gasteiger partial charge in [0.25, 0.3) is 0 Å². The van der Waals surface area contributed by atoms with Gasteiger partial charge in [0.05, 0.1) is 11.6 Å². The van der Waals surface area contributed by atoms with E-state index in [4.69, 9.17) is 32.7 Å². The molecule has 0 radical (unpaired) electrons. The van der Waals surface area contributed by atoms with Crippen LogP contribution < -0.4 is 4.74 Å². The zero-order valence-electron chi connectivity index (χ0n) is 12.6. The highest BCUT2D eigenvalue weighted by atomic mass is 35.5. The summed E-state index contributed by atoms with van der Waals surface area (Å²) in [4.78, 5) is 23.1. The van der Waals surface area contributed by atoms with Crippen LogP contribution in [0.1, 0.15) is 45.4 Å². The van der Waals surface area contributed by atoms with E-state index in [0.717, 1.165) is 19.3 Å². The van der Waals surface area contributed by atoms with Gasteiger partial charge in [0, 0.05) is 23.9 Å². The van der Waals surface area contributed by atoms with Gasteiger partial charge in [0.15, 0.2) is 5.75 Å². The molecule has 0 N–H and O–H groups in total. The van der Waals surface area contributed by atoms with Crippen LogP contribution in [0.3, 0.4) is 0 Å². The molecule has 0 aromatic heterocycles. The first kappa shape index (κ1) is 18.8. The summed E-state index contributed by atoms with van der Waals surface area (Å²) in [5, 5.41) is 0.746. The summed E-state index contributed by atoms with van der Waals surface area (Å²) in [7, 11) is 0. The van der Waals surface area contributed by atoms with Gasteiger partial charge in [0.2, 0.25) is 0 Å². The molecule has 0 spiro atoms. The van der Waals surface area contributed by atoms with Crippen LogP contribution in [0.5, 0.6) is 5.75 Å². The van der Waals surface area contributed by atoms with Crippen molar-refractivity contribution in [1.82, 2.24) is 0 Å². The van der Waals surface area contributed by atoms with Gasteiger partial charge < -0.3 is 9.47 Å². The van der Waals surface area contributed by atoms with Gasteiger partial charge in [0.1, 0.15) is 0 Å². The van der Waals surface area contributed by atoms with E-state index in [0.29, 0.717) is 23.1 Å². The number of ether oxygens (including phenoxy) is 2. The van der Waals surface area contributed by atoms with Crippen molar-refractivity contribution in [3.63, 3.8) is 0 Å². The fraction of sp³-hybridized carbons (Fsp3) is 0.500. The Morgan fingerprint density at radius 2 is 1.77 bits per heavy atom. The van der Waals surface area contributed by atoms with Gasteiger partial charge in [-0.05, 0) is 25.0 Å². The van der Waals surface area contributed by atoms with E-state index in [2.05, 4.69) is 6.92 Å². The predicted octanol–water partition coefficient (Wildman–Crippen LogP) is 4.80. The minimum Gasteiger partial charge on any atom is -0.466 e. The van der Waals surface area contributed by atoms with Crippen LogP contribution in [0.2, 0.25) is 10.0 Å². The maximum absolute atomic E-state index is 11.7.